The van der Waals surface area contributed by atoms with Gasteiger partial charge in [0.05, 0.1) is 13.2 Å². The van der Waals surface area contributed by atoms with Gasteiger partial charge in [-0.25, -0.2) is 4.79 Å². The SMILES string of the molecule is O=C(C=Cc1ccccc1)OC1OC(COC2OCC(O)C(O)C2O)C(O)C(O)C1O. The van der Waals surface area contributed by atoms with E-state index in [9.17, 15) is 35.4 Å². The lowest BCUT2D eigenvalue weighted by molar-refractivity contribution is -0.314. The van der Waals surface area contributed by atoms with Crippen molar-refractivity contribution in [2.75, 3.05) is 13.2 Å². The van der Waals surface area contributed by atoms with Crippen LogP contribution in [-0.2, 0) is 23.7 Å². The molecule has 172 valence electrons. The standard InChI is InChI=1S/C20H26O11/c21-11-8-28-19(17(26)14(11)23)29-9-12-15(24)16(25)18(27)20(30-12)31-13(22)7-6-10-4-2-1-3-5-10/h1-7,11-12,14-21,23-27H,8-9H2. The molecule has 2 saturated heterocycles. The minimum atomic E-state index is -1.71. The Hall–Kier alpha value is -1.93. The summed E-state index contributed by atoms with van der Waals surface area (Å²) >= 11 is 0. The fraction of sp³-hybridized carbons (Fsp3) is 0.550. The molecular weight excluding hydrogens is 416 g/mol. The van der Waals surface area contributed by atoms with Gasteiger partial charge in [-0.1, -0.05) is 30.3 Å². The molecule has 0 bridgehead atoms. The van der Waals surface area contributed by atoms with E-state index in [1.807, 2.05) is 6.07 Å². The third-order valence-electron chi connectivity index (χ3n) is 4.99. The number of carbonyl (C=O) groups is 1. The number of benzene rings is 1. The van der Waals surface area contributed by atoms with Crippen molar-refractivity contribution in [1.82, 2.24) is 0 Å². The smallest absolute Gasteiger partial charge is 0.333 e. The van der Waals surface area contributed by atoms with Crippen molar-refractivity contribution in [1.29, 1.82) is 0 Å². The molecule has 6 N–H and O–H groups in total. The van der Waals surface area contributed by atoms with Crippen LogP contribution in [0.5, 0.6) is 0 Å². The third kappa shape index (κ3) is 5.86. The molecule has 0 aliphatic carbocycles. The summed E-state index contributed by atoms with van der Waals surface area (Å²) < 4.78 is 20.8. The number of aliphatic hydroxyl groups excluding tert-OH is 6. The zero-order chi connectivity index (χ0) is 22.5. The van der Waals surface area contributed by atoms with E-state index in [4.69, 9.17) is 18.9 Å². The first-order valence-corrected chi connectivity index (χ1v) is 9.68. The molecule has 1 aromatic rings. The van der Waals surface area contributed by atoms with E-state index in [0.29, 0.717) is 0 Å². The van der Waals surface area contributed by atoms with E-state index < -0.39 is 67.9 Å². The number of hydrogen-bond acceptors (Lipinski definition) is 11. The molecule has 31 heavy (non-hydrogen) atoms. The van der Waals surface area contributed by atoms with Gasteiger partial charge in [0.2, 0.25) is 6.29 Å². The lowest BCUT2D eigenvalue weighted by Crippen LogP contribution is -2.60. The molecule has 0 spiro atoms. The Labute approximate surface area is 177 Å². The molecule has 9 unspecified atom stereocenters. The number of ether oxygens (including phenoxy) is 4. The summed E-state index contributed by atoms with van der Waals surface area (Å²) in [6.45, 7) is -0.726. The Balaban J connectivity index is 1.57. The van der Waals surface area contributed by atoms with Gasteiger partial charge in [0.25, 0.3) is 0 Å². The van der Waals surface area contributed by atoms with Crippen molar-refractivity contribution in [3.05, 3.63) is 42.0 Å². The van der Waals surface area contributed by atoms with Crippen molar-refractivity contribution in [3.8, 4) is 0 Å². The molecule has 2 aliphatic rings. The number of carbonyl (C=O) groups excluding carboxylic acids is 1. The topological polar surface area (TPSA) is 175 Å². The average Bonchev–Trinajstić information content (AvgIpc) is 2.77. The van der Waals surface area contributed by atoms with E-state index in [1.165, 1.54) is 6.08 Å². The van der Waals surface area contributed by atoms with Crippen molar-refractivity contribution < 1.29 is 54.4 Å². The average molecular weight is 442 g/mol. The van der Waals surface area contributed by atoms with Gasteiger partial charge in [0, 0.05) is 6.08 Å². The van der Waals surface area contributed by atoms with Gasteiger partial charge in [-0.15, -0.1) is 0 Å². The maximum absolute atomic E-state index is 12.1. The molecule has 0 amide bonds. The first-order valence-electron chi connectivity index (χ1n) is 9.68. The van der Waals surface area contributed by atoms with Gasteiger partial charge in [0.1, 0.15) is 42.7 Å². The van der Waals surface area contributed by atoms with E-state index in [1.54, 1.807) is 24.3 Å². The van der Waals surface area contributed by atoms with Crippen LogP contribution in [0.4, 0.5) is 0 Å². The van der Waals surface area contributed by atoms with Crippen molar-refractivity contribution >= 4 is 12.0 Å². The molecule has 0 radical (unpaired) electrons. The highest BCUT2D eigenvalue weighted by atomic mass is 16.7. The second kappa shape index (κ2) is 10.6. The summed E-state index contributed by atoms with van der Waals surface area (Å²) in [5, 5.41) is 59.3. The van der Waals surface area contributed by atoms with Crippen LogP contribution in [0.25, 0.3) is 6.08 Å². The summed E-state index contributed by atoms with van der Waals surface area (Å²) in [5.41, 5.74) is 0.740. The zero-order valence-corrected chi connectivity index (χ0v) is 16.4. The van der Waals surface area contributed by atoms with Crippen LogP contribution in [0.1, 0.15) is 5.56 Å². The molecule has 11 nitrogen and oxygen atoms in total. The molecule has 3 rings (SSSR count). The molecule has 2 heterocycles. The highest BCUT2D eigenvalue weighted by Gasteiger charge is 2.46. The van der Waals surface area contributed by atoms with Crippen molar-refractivity contribution in [2.45, 2.75) is 55.3 Å². The van der Waals surface area contributed by atoms with Gasteiger partial charge in [-0.05, 0) is 11.6 Å². The highest BCUT2D eigenvalue weighted by Crippen LogP contribution is 2.24. The fourth-order valence-corrected chi connectivity index (χ4v) is 3.15. The van der Waals surface area contributed by atoms with E-state index in [0.717, 1.165) is 11.6 Å². The number of esters is 1. The maximum atomic E-state index is 12.1. The summed E-state index contributed by atoms with van der Waals surface area (Å²) in [4.78, 5) is 12.1. The van der Waals surface area contributed by atoms with Crippen LogP contribution in [0.15, 0.2) is 36.4 Å². The first kappa shape index (κ1) is 23.7. The summed E-state index contributed by atoms with van der Waals surface area (Å²) in [6.07, 6.45) is -10.9. The van der Waals surface area contributed by atoms with Gasteiger partial charge >= 0.3 is 5.97 Å². The second-order valence-corrected chi connectivity index (χ2v) is 7.28. The lowest BCUT2D eigenvalue weighted by Gasteiger charge is -2.41. The van der Waals surface area contributed by atoms with E-state index in [2.05, 4.69) is 0 Å². The largest absolute Gasteiger partial charge is 0.430 e. The molecule has 9 atom stereocenters. The van der Waals surface area contributed by atoms with E-state index >= 15 is 0 Å². The molecule has 0 saturated carbocycles. The van der Waals surface area contributed by atoms with E-state index in [-0.39, 0.29) is 6.61 Å². The van der Waals surface area contributed by atoms with Crippen LogP contribution < -0.4 is 0 Å². The third-order valence-corrected chi connectivity index (χ3v) is 4.99. The molecule has 2 fully saturated rings. The minimum absolute atomic E-state index is 0.285. The monoisotopic (exact) mass is 442 g/mol. The Kier molecular flexibility index (Phi) is 8.11. The maximum Gasteiger partial charge on any atom is 0.333 e. The number of hydrogen-bond donors (Lipinski definition) is 6. The van der Waals surface area contributed by atoms with Crippen LogP contribution >= 0.6 is 0 Å². The van der Waals surface area contributed by atoms with Crippen LogP contribution in [0.3, 0.4) is 0 Å². The lowest BCUT2D eigenvalue weighted by atomic mass is 9.99. The first-order chi connectivity index (χ1) is 14.8. The minimum Gasteiger partial charge on any atom is -0.430 e. The Morgan fingerprint density at radius 3 is 2.32 bits per heavy atom. The Morgan fingerprint density at radius 1 is 0.935 bits per heavy atom. The van der Waals surface area contributed by atoms with Gasteiger partial charge in [-0.2, -0.15) is 0 Å². The quantitative estimate of drug-likeness (QED) is 0.203. The molecule has 2 aliphatic heterocycles. The fourth-order valence-electron chi connectivity index (χ4n) is 3.15. The molecule has 0 aromatic heterocycles. The number of aliphatic hydroxyl groups is 6. The van der Waals surface area contributed by atoms with Gasteiger partial charge < -0.3 is 49.6 Å². The summed E-state index contributed by atoms with van der Waals surface area (Å²) in [6, 6.07) is 8.92. The summed E-state index contributed by atoms with van der Waals surface area (Å²) in [7, 11) is 0. The van der Waals surface area contributed by atoms with Crippen molar-refractivity contribution in [3.63, 3.8) is 0 Å². The highest BCUT2D eigenvalue weighted by molar-refractivity contribution is 5.87. The van der Waals surface area contributed by atoms with Crippen LogP contribution in [0.2, 0.25) is 0 Å². The predicted octanol–water partition coefficient (Wildman–Crippen LogP) is -2.49. The Bertz CT molecular complexity index is 742. The normalized spacial score (nSPS) is 38.8. The second-order valence-electron chi connectivity index (χ2n) is 7.28. The zero-order valence-electron chi connectivity index (χ0n) is 16.4. The van der Waals surface area contributed by atoms with Crippen LogP contribution in [-0.4, -0.2) is 105 Å². The molecular formula is C20H26O11. The summed E-state index contributed by atoms with van der Waals surface area (Å²) in [5.74, 6) is -0.848. The predicted molar refractivity (Wildman–Crippen MR) is 102 cm³/mol. The number of rotatable bonds is 6. The van der Waals surface area contributed by atoms with Gasteiger partial charge in [0.15, 0.2) is 6.29 Å². The van der Waals surface area contributed by atoms with Crippen molar-refractivity contribution in [2.24, 2.45) is 0 Å². The molecule has 11 heteroatoms. The molecule has 1 aromatic carbocycles. The van der Waals surface area contributed by atoms with Crippen LogP contribution in [0, 0.1) is 0 Å². The van der Waals surface area contributed by atoms with Gasteiger partial charge in [-0.3, -0.25) is 0 Å². The Morgan fingerprint density at radius 2 is 1.61 bits per heavy atom.